The summed E-state index contributed by atoms with van der Waals surface area (Å²) in [5.74, 6) is -0.520. The molecule has 27 heavy (non-hydrogen) atoms. The van der Waals surface area contributed by atoms with E-state index in [1.54, 1.807) is 48.5 Å². The van der Waals surface area contributed by atoms with Crippen molar-refractivity contribution in [3.05, 3.63) is 59.7 Å². The van der Waals surface area contributed by atoms with E-state index < -0.39 is 11.4 Å². The van der Waals surface area contributed by atoms with E-state index in [4.69, 9.17) is 9.47 Å². The standard InChI is InChI=1S/C21H23NO5/c1-21(2,3)20(25)22-16-10-8-14(9-11-16)18(23)13-27-19(24)15-6-5-7-17(12-15)26-4/h5-12H,13H2,1-4H3,(H,22,25). The van der Waals surface area contributed by atoms with Crippen LogP contribution in [0.4, 0.5) is 5.69 Å². The van der Waals surface area contributed by atoms with E-state index in [0.717, 1.165) is 0 Å². The molecule has 0 saturated heterocycles. The summed E-state index contributed by atoms with van der Waals surface area (Å²) in [7, 11) is 1.50. The number of Topliss-reactive ketones (excluding diaryl/α,β-unsaturated/α-hetero) is 1. The minimum atomic E-state index is -0.601. The number of hydrogen-bond donors (Lipinski definition) is 1. The Morgan fingerprint density at radius 3 is 2.22 bits per heavy atom. The highest BCUT2D eigenvalue weighted by atomic mass is 16.5. The van der Waals surface area contributed by atoms with Gasteiger partial charge in [-0.1, -0.05) is 26.8 Å². The van der Waals surface area contributed by atoms with Crippen molar-refractivity contribution in [3.63, 3.8) is 0 Å². The largest absolute Gasteiger partial charge is 0.497 e. The van der Waals surface area contributed by atoms with Gasteiger partial charge in [0.2, 0.25) is 5.91 Å². The van der Waals surface area contributed by atoms with Gasteiger partial charge < -0.3 is 14.8 Å². The zero-order chi connectivity index (χ0) is 20.0. The lowest BCUT2D eigenvalue weighted by atomic mass is 9.95. The Morgan fingerprint density at radius 1 is 0.963 bits per heavy atom. The molecule has 6 nitrogen and oxygen atoms in total. The molecule has 0 radical (unpaired) electrons. The fraction of sp³-hybridized carbons (Fsp3) is 0.286. The number of ether oxygens (including phenoxy) is 2. The average molecular weight is 369 g/mol. The van der Waals surface area contributed by atoms with Crippen molar-refractivity contribution >= 4 is 23.3 Å². The van der Waals surface area contributed by atoms with Crippen LogP contribution in [-0.2, 0) is 9.53 Å². The second-order valence-corrected chi connectivity index (χ2v) is 7.01. The number of benzene rings is 2. The van der Waals surface area contributed by atoms with E-state index in [-0.39, 0.29) is 18.3 Å². The Morgan fingerprint density at radius 2 is 1.63 bits per heavy atom. The number of rotatable bonds is 6. The van der Waals surface area contributed by atoms with Crippen molar-refractivity contribution in [1.82, 2.24) is 0 Å². The Bertz CT molecular complexity index is 834. The van der Waals surface area contributed by atoms with Crippen LogP contribution in [0, 0.1) is 5.41 Å². The molecule has 0 aliphatic rings. The lowest BCUT2D eigenvalue weighted by molar-refractivity contribution is -0.123. The second kappa shape index (κ2) is 8.49. The number of nitrogens with one attached hydrogen (secondary N) is 1. The molecule has 2 rings (SSSR count). The van der Waals surface area contributed by atoms with Gasteiger partial charge in [-0.15, -0.1) is 0 Å². The summed E-state index contributed by atoms with van der Waals surface area (Å²) < 4.78 is 10.1. The predicted octanol–water partition coefficient (Wildman–Crippen LogP) is 3.72. The molecular weight excluding hydrogens is 346 g/mol. The zero-order valence-corrected chi connectivity index (χ0v) is 15.9. The Kier molecular flexibility index (Phi) is 6.34. The number of ketones is 1. The third kappa shape index (κ3) is 5.67. The van der Waals surface area contributed by atoms with Crippen LogP contribution in [0.1, 0.15) is 41.5 Å². The molecule has 0 aliphatic carbocycles. The van der Waals surface area contributed by atoms with Crippen molar-refractivity contribution in [2.24, 2.45) is 5.41 Å². The first-order valence-corrected chi connectivity index (χ1v) is 8.46. The molecule has 0 aliphatic heterocycles. The van der Waals surface area contributed by atoms with Crippen molar-refractivity contribution in [3.8, 4) is 5.75 Å². The number of hydrogen-bond acceptors (Lipinski definition) is 5. The predicted molar refractivity (Wildman–Crippen MR) is 102 cm³/mol. The van der Waals surface area contributed by atoms with Gasteiger partial charge in [0.25, 0.3) is 0 Å². The zero-order valence-electron chi connectivity index (χ0n) is 15.9. The number of carbonyl (C=O) groups excluding carboxylic acids is 3. The molecule has 0 fully saturated rings. The summed E-state index contributed by atoms with van der Waals surface area (Å²) in [4.78, 5) is 36.2. The molecule has 0 heterocycles. The number of amides is 1. The Labute approximate surface area is 158 Å². The summed E-state index contributed by atoms with van der Waals surface area (Å²) >= 11 is 0. The summed E-state index contributed by atoms with van der Waals surface area (Å²) in [5.41, 5.74) is 0.785. The fourth-order valence-corrected chi connectivity index (χ4v) is 2.11. The lowest BCUT2D eigenvalue weighted by Crippen LogP contribution is -2.27. The highest BCUT2D eigenvalue weighted by Gasteiger charge is 2.21. The minimum Gasteiger partial charge on any atom is -0.497 e. The van der Waals surface area contributed by atoms with Gasteiger partial charge in [-0.3, -0.25) is 9.59 Å². The molecule has 142 valence electrons. The van der Waals surface area contributed by atoms with Crippen molar-refractivity contribution in [2.75, 3.05) is 19.0 Å². The minimum absolute atomic E-state index is 0.117. The van der Waals surface area contributed by atoms with Gasteiger partial charge in [0.05, 0.1) is 12.7 Å². The third-order valence-corrected chi connectivity index (χ3v) is 3.79. The van der Waals surface area contributed by atoms with Crippen LogP contribution in [0.15, 0.2) is 48.5 Å². The van der Waals surface area contributed by atoms with Crippen LogP contribution < -0.4 is 10.1 Å². The number of anilines is 1. The Balaban J connectivity index is 1.94. The molecule has 2 aromatic rings. The SMILES string of the molecule is COc1cccc(C(=O)OCC(=O)c2ccc(NC(=O)C(C)(C)C)cc2)c1. The molecule has 0 unspecified atom stereocenters. The molecule has 1 N–H and O–H groups in total. The highest BCUT2D eigenvalue weighted by Crippen LogP contribution is 2.18. The molecule has 0 spiro atoms. The normalized spacial score (nSPS) is 10.8. The summed E-state index contributed by atoms with van der Waals surface area (Å²) in [6.45, 7) is 5.08. The average Bonchev–Trinajstić information content (AvgIpc) is 2.65. The van der Waals surface area contributed by atoms with Crippen molar-refractivity contribution < 1.29 is 23.9 Å². The van der Waals surface area contributed by atoms with Crippen LogP contribution in [0.3, 0.4) is 0 Å². The number of esters is 1. The van der Waals surface area contributed by atoms with Gasteiger partial charge in [0.15, 0.2) is 12.4 Å². The summed E-state index contributed by atoms with van der Waals surface area (Å²) in [6, 6.07) is 13.0. The van der Waals surface area contributed by atoms with E-state index in [1.807, 2.05) is 20.8 Å². The molecule has 0 aromatic heterocycles. The van der Waals surface area contributed by atoms with E-state index in [1.165, 1.54) is 7.11 Å². The second-order valence-electron chi connectivity index (χ2n) is 7.01. The maximum atomic E-state index is 12.2. The maximum Gasteiger partial charge on any atom is 0.338 e. The molecular formula is C21H23NO5. The first-order valence-electron chi connectivity index (χ1n) is 8.46. The Hall–Kier alpha value is -3.15. The molecule has 0 atom stereocenters. The monoisotopic (exact) mass is 369 g/mol. The fourth-order valence-electron chi connectivity index (χ4n) is 2.11. The number of methoxy groups -OCH3 is 1. The first kappa shape index (κ1) is 20.2. The molecule has 1 amide bonds. The van der Waals surface area contributed by atoms with Crippen molar-refractivity contribution in [2.45, 2.75) is 20.8 Å². The quantitative estimate of drug-likeness (QED) is 0.620. The van der Waals surface area contributed by atoms with Crippen LogP contribution in [0.5, 0.6) is 5.75 Å². The molecule has 0 saturated carbocycles. The van der Waals surface area contributed by atoms with Crippen LogP contribution in [0.25, 0.3) is 0 Å². The van der Waals surface area contributed by atoms with Gasteiger partial charge in [-0.2, -0.15) is 0 Å². The van der Waals surface area contributed by atoms with Crippen LogP contribution >= 0.6 is 0 Å². The number of carbonyl (C=O) groups is 3. The van der Waals surface area contributed by atoms with E-state index in [0.29, 0.717) is 22.6 Å². The third-order valence-electron chi connectivity index (χ3n) is 3.79. The van der Waals surface area contributed by atoms with Crippen LogP contribution in [-0.4, -0.2) is 31.4 Å². The van der Waals surface area contributed by atoms with E-state index in [2.05, 4.69) is 5.32 Å². The lowest BCUT2D eigenvalue weighted by Gasteiger charge is -2.17. The van der Waals surface area contributed by atoms with Gasteiger partial charge in [-0.25, -0.2) is 4.79 Å². The van der Waals surface area contributed by atoms with E-state index >= 15 is 0 Å². The van der Waals surface area contributed by atoms with Gasteiger partial charge in [0.1, 0.15) is 5.75 Å². The maximum absolute atomic E-state index is 12.2. The highest BCUT2D eigenvalue weighted by molar-refractivity contribution is 6.00. The molecule has 6 heteroatoms. The molecule has 0 bridgehead atoms. The van der Waals surface area contributed by atoms with Gasteiger partial charge in [-0.05, 0) is 42.5 Å². The smallest absolute Gasteiger partial charge is 0.338 e. The van der Waals surface area contributed by atoms with Gasteiger partial charge >= 0.3 is 5.97 Å². The van der Waals surface area contributed by atoms with Crippen molar-refractivity contribution in [1.29, 1.82) is 0 Å². The van der Waals surface area contributed by atoms with Gasteiger partial charge in [0, 0.05) is 16.7 Å². The topological polar surface area (TPSA) is 81.7 Å². The summed E-state index contributed by atoms with van der Waals surface area (Å²) in [5, 5.41) is 2.78. The molecule has 2 aromatic carbocycles. The first-order chi connectivity index (χ1) is 12.7. The van der Waals surface area contributed by atoms with Crippen LogP contribution in [0.2, 0.25) is 0 Å². The summed E-state index contributed by atoms with van der Waals surface area (Å²) in [6.07, 6.45) is 0. The van der Waals surface area contributed by atoms with E-state index in [9.17, 15) is 14.4 Å².